The zero-order chi connectivity index (χ0) is 25.1. The number of carbonyl (C=O) groups is 1. The van der Waals surface area contributed by atoms with Gasteiger partial charge < -0.3 is 10.1 Å². The standard InChI is InChI=1S/C27H27F3N4O2/c28-27(29,30)21-5-1-4-19(15-21)23-8-7-18-3-2-6-24(25(18)32-23)33-26(35)20-9-10-31-22(16-20)17-34-11-13-36-14-12-34/h1,4-5,7-10,15-16,24H,2-3,6,11-14,17H2,(H,33,35). The van der Waals surface area contributed by atoms with E-state index >= 15 is 0 Å². The van der Waals surface area contributed by atoms with Crippen LogP contribution in [0.1, 0.15) is 51.8 Å². The van der Waals surface area contributed by atoms with Gasteiger partial charge in [0.25, 0.3) is 5.91 Å². The van der Waals surface area contributed by atoms with Gasteiger partial charge in [-0.25, -0.2) is 0 Å². The number of halogens is 3. The van der Waals surface area contributed by atoms with Gasteiger partial charge in [0.1, 0.15) is 0 Å². The van der Waals surface area contributed by atoms with E-state index in [0.29, 0.717) is 48.7 Å². The summed E-state index contributed by atoms with van der Waals surface area (Å²) in [6.45, 7) is 3.69. The van der Waals surface area contributed by atoms with Crippen LogP contribution in [-0.2, 0) is 23.9 Å². The number of benzene rings is 1. The van der Waals surface area contributed by atoms with Crippen molar-refractivity contribution in [2.24, 2.45) is 0 Å². The third-order valence-corrected chi connectivity index (χ3v) is 6.64. The fourth-order valence-electron chi connectivity index (χ4n) is 4.74. The molecule has 0 radical (unpaired) electrons. The van der Waals surface area contributed by atoms with Crippen molar-refractivity contribution < 1.29 is 22.7 Å². The van der Waals surface area contributed by atoms with E-state index in [2.05, 4.69) is 15.2 Å². The average Bonchev–Trinajstić information content (AvgIpc) is 2.89. The topological polar surface area (TPSA) is 67.4 Å². The van der Waals surface area contributed by atoms with E-state index in [4.69, 9.17) is 9.72 Å². The summed E-state index contributed by atoms with van der Waals surface area (Å²) >= 11 is 0. The van der Waals surface area contributed by atoms with Gasteiger partial charge >= 0.3 is 6.18 Å². The first-order valence-electron chi connectivity index (χ1n) is 12.1. The molecule has 1 amide bonds. The van der Waals surface area contributed by atoms with Gasteiger partial charge in [0, 0.05) is 37.0 Å². The average molecular weight is 497 g/mol. The summed E-state index contributed by atoms with van der Waals surface area (Å²) in [7, 11) is 0. The number of hydrogen-bond acceptors (Lipinski definition) is 5. The number of aryl methyl sites for hydroxylation is 1. The maximum absolute atomic E-state index is 13.2. The monoisotopic (exact) mass is 496 g/mol. The van der Waals surface area contributed by atoms with Crippen LogP contribution in [0.5, 0.6) is 0 Å². The van der Waals surface area contributed by atoms with Crippen molar-refractivity contribution in [3.05, 3.63) is 82.8 Å². The highest BCUT2D eigenvalue weighted by atomic mass is 19.4. The molecule has 2 aromatic heterocycles. The smallest absolute Gasteiger partial charge is 0.379 e. The zero-order valence-electron chi connectivity index (χ0n) is 19.7. The molecule has 1 aliphatic heterocycles. The first-order chi connectivity index (χ1) is 17.4. The largest absolute Gasteiger partial charge is 0.416 e. The molecule has 1 aliphatic carbocycles. The van der Waals surface area contributed by atoms with Crippen LogP contribution >= 0.6 is 0 Å². The Balaban J connectivity index is 1.35. The zero-order valence-corrected chi connectivity index (χ0v) is 19.7. The third kappa shape index (κ3) is 5.57. The molecule has 1 aromatic carbocycles. The predicted molar refractivity (Wildman–Crippen MR) is 128 cm³/mol. The second-order valence-corrected chi connectivity index (χ2v) is 9.16. The Labute approximate surface area is 207 Å². The van der Waals surface area contributed by atoms with Crippen molar-refractivity contribution in [1.29, 1.82) is 0 Å². The lowest BCUT2D eigenvalue weighted by molar-refractivity contribution is -0.137. The molecule has 5 rings (SSSR count). The Hall–Kier alpha value is -3.30. The summed E-state index contributed by atoms with van der Waals surface area (Å²) < 4.78 is 45.0. The molecular formula is C27H27F3N4O2. The van der Waals surface area contributed by atoms with E-state index in [1.807, 2.05) is 6.07 Å². The number of hydrogen-bond donors (Lipinski definition) is 1. The van der Waals surface area contributed by atoms with Crippen LogP contribution in [0.3, 0.4) is 0 Å². The Morgan fingerprint density at radius 2 is 1.94 bits per heavy atom. The molecule has 9 heteroatoms. The van der Waals surface area contributed by atoms with Crippen molar-refractivity contribution in [3.8, 4) is 11.3 Å². The number of nitrogens with zero attached hydrogens (tertiary/aromatic N) is 3. The number of amides is 1. The maximum Gasteiger partial charge on any atom is 0.416 e. The fourth-order valence-corrected chi connectivity index (χ4v) is 4.74. The van der Waals surface area contributed by atoms with E-state index in [9.17, 15) is 18.0 Å². The second-order valence-electron chi connectivity index (χ2n) is 9.16. The van der Waals surface area contributed by atoms with Gasteiger partial charge in [-0.05, 0) is 55.2 Å². The van der Waals surface area contributed by atoms with Crippen molar-refractivity contribution >= 4 is 5.91 Å². The van der Waals surface area contributed by atoms with Gasteiger partial charge in [-0.15, -0.1) is 0 Å². The third-order valence-electron chi connectivity index (χ3n) is 6.64. The normalized spacial score (nSPS) is 18.5. The van der Waals surface area contributed by atoms with Crippen molar-refractivity contribution in [1.82, 2.24) is 20.2 Å². The lowest BCUT2D eigenvalue weighted by Crippen LogP contribution is -2.36. The van der Waals surface area contributed by atoms with E-state index in [1.165, 1.54) is 6.07 Å². The molecule has 1 atom stereocenters. The molecule has 6 nitrogen and oxygen atoms in total. The Bertz CT molecular complexity index is 1240. The fraction of sp³-hybridized carbons (Fsp3) is 0.370. The van der Waals surface area contributed by atoms with Crippen molar-refractivity contribution in [2.75, 3.05) is 26.3 Å². The number of ether oxygens (including phenoxy) is 1. The highest BCUT2D eigenvalue weighted by Crippen LogP contribution is 2.34. The van der Waals surface area contributed by atoms with Gasteiger partial charge in [0.15, 0.2) is 0 Å². The van der Waals surface area contributed by atoms with E-state index in [0.717, 1.165) is 49.3 Å². The van der Waals surface area contributed by atoms with Crippen LogP contribution in [0.4, 0.5) is 13.2 Å². The van der Waals surface area contributed by atoms with Gasteiger partial charge in [-0.1, -0.05) is 18.2 Å². The number of pyridine rings is 2. The highest BCUT2D eigenvalue weighted by Gasteiger charge is 2.31. The van der Waals surface area contributed by atoms with Crippen LogP contribution in [0, 0.1) is 0 Å². The first kappa shape index (κ1) is 24.4. The number of carbonyl (C=O) groups excluding carboxylic acids is 1. The maximum atomic E-state index is 13.2. The number of nitrogens with one attached hydrogen (secondary N) is 1. The number of morpholine rings is 1. The van der Waals surface area contributed by atoms with Gasteiger partial charge in [-0.3, -0.25) is 19.7 Å². The Kier molecular flexibility index (Phi) is 7.02. The SMILES string of the molecule is O=C(NC1CCCc2ccc(-c3cccc(C(F)(F)F)c3)nc21)c1ccnc(CN2CCOCC2)c1. The van der Waals surface area contributed by atoms with Crippen LogP contribution in [0.15, 0.2) is 54.7 Å². The van der Waals surface area contributed by atoms with Crippen LogP contribution in [0.2, 0.25) is 0 Å². The van der Waals surface area contributed by atoms with Gasteiger partial charge in [0.05, 0.1) is 41.9 Å². The number of aromatic nitrogens is 2. The highest BCUT2D eigenvalue weighted by molar-refractivity contribution is 5.94. The minimum Gasteiger partial charge on any atom is -0.379 e. The van der Waals surface area contributed by atoms with Gasteiger partial charge in [-0.2, -0.15) is 13.2 Å². The molecule has 3 heterocycles. The van der Waals surface area contributed by atoms with E-state index < -0.39 is 11.7 Å². The minimum atomic E-state index is -4.42. The number of alkyl halides is 3. The molecule has 36 heavy (non-hydrogen) atoms. The minimum absolute atomic E-state index is 0.218. The summed E-state index contributed by atoms with van der Waals surface area (Å²) in [4.78, 5) is 24.5. The predicted octanol–water partition coefficient (Wildman–Crippen LogP) is 4.80. The van der Waals surface area contributed by atoms with Crippen LogP contribution in [-0.4, -0.2) is 47.1 Å². The summed E-state index contributed by atoms with van der Waals surface area (Å²) in [6, 6.07) is 12.0. The number of rotatable bonds is 5. The lowest BCUT2D eigenvalue weighted by atomic mass is 9.90. The molecule has 1 fully saturated rings. The van der Waals surface area contributed by atoms with E-state index in [-0.39, 0.29) is 11.9 Å². The molecule has 0 spiro atoms. The molecule has 0 saturated carbocycles. The molecular weight excluding hydrogens is 469 g/mol. The van der Waals surface area contributed by atoms with Crippen molar-refractivity contribution in [2.45, 2.75) is 38.0 Å². The van der Waals surface area contributed by atoms with Gasteiger partial charge in [0.2, 0.25) is 0 Å². The quantitative estimate of drug-likeness (QED) is 0.550. The molecule has 1 N–H and O–H groups in total. The summed E-state index contributed by atoms with van der Waals surface area (Å²) in [5.74, 6) is -0.218. The molecule has 1 unspecified atom stereocenters. The second kappa shape index (κ2) is 10.4. The number of fused-ring (bicyclic) bond motifs is 1. The molecule has 188 valence electrons. The summed E-state index contributed by atoms with van der Waals surface area (Å²) in [5, 5.41) is 3.09. The summed E-state index contributed by atoms with van der Waals surface area (Å²) in [5.41, 5.74) is 3.20. The first-order valence-corrected chi connectivity index (χ1v) is 12.1. The Morgan fingerprint density at radius 3 is 2.75 bits per heavy atom. The molecule has 1 saturated heterocycles. The van der Waals surface area contributed by atoms with Crippen molar-refractivity contribution in [3.63, 3.8) is 0 Å². The van der Waals surface area contributed by atoms with E-state index in [1.54, 1.807) is 30.5 Å². The molecule has 2 aliphatic rings. The summed E-state index contributed by atoms with van der Waals surface area (Å²) in [6.07, 6.45) is -0.364. The van der Waals surface area contributed by atoms with Crippen LogP contribution in [0.25, 0.3) is 11.3 Å². The van der Waals surface area contributed by atoms with Crippen LogP contribution < -0.4 is 5.32 Å². The molecule has 3 aromatic rings. The Morgan fingerprint density at radius 1 is 1.11 bits per heavy atom. The lowest BCUT2D eigenvalue weighted by Gasteiger charge is -2.27. The molecule has 0 bridgehead atoms.